The first kappa shape index (κ1) is 15.2. The second-order valence-corrected chi connectivity index (χ2v) is 5.55. The summed E-state index contributed by atoms with van der Waals surface area (Å²) in [6.07, 6.45) is 3.54. The van der Waals surface area contributed by atoms with Gasteiger partial charge >= 0.3 is 0 Å². The van der Waals surface area contributed by atoms with Gasteiger partial charge in [-0.1, -0.05) is 19.4 Å². The molecule has 0 atom stereocenters. The van der Waals surface area contributed by atoms with Gasteiger partial charge in [0.2, 0.25) is 0 Å². The van der Waals surface area contributed by atoms with Gasteiger partial charge in [0.15, 0.2) is 0 Å². The molecule has 0 fully saturated rings. The van der Waals surface area contributed by atoms with Crippen molar-refractivity contribution in [2.45, 2.75) is 26.7 Å². The fraction of sp³-hybridized carbons (Fsp3) is 0.222. The fourth-order valence-corrected chi connectivity index (χ4v) is 2.57. The number of aromatic nitrogens is 2. The minimum absolute atomic E-state index is 0.238. The maximum Gasteiger partial charge on any atom is 0.274 e. The third-order valence-electron chi connectivity index (χ3n) is 3.64. The third-order valence-corrected chi connectivity index (χ3v) is 3.64. The minimum Gasteiger partial charge on any atom is -0.321 e. The molecule has 2 heterocycles. The standard InChI is InChI=1S/C18H18FN3O/c1-3-4-15-17(22-11-12(2)5-10-16(22)21-15)18(23)20-14-8-6-13(19)7-9-14/h5-11H,3-4H2,1-2H3,(H,20,23). The number of rotatable bonds is 4. The molecule has 0 spiro atoms. The van der Waals surface area contributed by atoms with Crippen LogP contribution in [0.3, 0.4) is 0 Å². The van der Waals surface area contributed by atoms with Gasteiger partial charge in [-0.05, 0) is 49.2 Å². The van der Waals surface area contributed by atoms with Crippen molar-refractivity contribution in [3.05, 3.63) is 65.4 Å². The Morgan fingerprint density at radius 3 is 2.65 bits per heavy atom. The zero-order valence-corrected chi connectivity index (χ0v) is 13.1. The topological polar surface area (TPSA) is 46.4 Å². The maximum atomic E-state index is 13.0. The number of pyridine rings is 1. The highest BCUT2D eigenvalue weighted by Gasteiger charge is 2.19. The number of imidazole rings is 1. The summed E-state index contributed by atoms with van der Waals surface area (Å²) < 4.78 is 14.8. The minimum atomic E-state index is -0.333. The second-order valence-electron chi connectivity index (χ2n) is 5.55. The molecular weight excluding hydrogens is 293 g/mol. The number of nitrogens with zero attached hydrogens (tertiary/aromatic N) is 2. The first-order chi connectivity index (χ1) is 11.1. The second kappa shape index (κ2) is 6.20. The monoisotopic (exact) mass is 311 g/mol. The molecule has 0 aliphatic carbocycles. The van der Waals surface area contributed by atoms with Crippen LogP contribution in [-0.2, 0) is 6.42 Å². The van der Waals surface area contributed by atoms with Crippen LogP contribution in [0.5, 0.6) is 0 Å². The van der Waals surface area contributed by atoms with Crippen molar-refractivity contribution in [1.82, 2.24) is 9.38 Å². The van der Waals surface area contributed by atoms with Gasteiger partial charge in [-0.2, -0.15) is 0 Å². The molecule has 2 aromatic heterocycles. The lowest BCUT2D eigenvalue weighted by molar-refractivity contribution is 0.102. The summed E-state index contributed by atoms with van der Waals surface area (Å²) in [6.45, 7) is 4.03. The van der Waals surface area contributed by atoms with E-state index in [0.717, 1.165) is 29.7 Å². The van der Waals surface area contributed by atoms with Gasteiger partial charge in [0.05, 0.1) is 5.69 Å². The van der Waals surface area contributed by atoms with Crippen LogP contribution in [0, 0.1) is 12.7 Å². The molecule has 118 valence electrons. The molecule has 0 bridgehead atoms. The lowest BCUT2D eigenvalue weighted by Crippen LogP contribution is -2.16. The van der Waals surface area contributed by atoms with E-state index in [-0.39, 0.29) is 11.7 Å². The van der Waals surface area contributed by atoms with Crippen LogP contribution in [0.4, 0.5) is 10.1 Å². The smallest absolute Gasteiger partial charge is 0.274 e. The lowest BCUT2D eigenvalue weighted by Gasteiger charge is -2.07. The van der Waals surface area contributed by atoms with Crippen LogP contribution < -0.4 is 5.32 Å². The highest BCUT2D eigenvalue weighted by Crippen LogP contribution is 2.18. The molecule has 1 N–H and O–H groups in total. The van der Waals surface area contributed by atoms with E-state index >= 15 is 0 Å². The molecule has 4 nitrogen and oxygen atoms in total. The van der Waals surface area contributed by atoms with Crippen molar-refractivity contribution in [2.24, 2.45) is 0 Å². The first-order valence-electron chi connectivity index (χ1n) is 7.63. The average Bonchev–Trinajstić information content (AvgIpc) is 2.87. The van der Waals surface area contributed by atoms with Gasteiger partial charge in [-0.25, -0.2) is 9.37 Å². The van der Waals surface area contributed by atoms with Gasteiger partial charge in [0.25, 0.3) is 5.91 Å². The van der Waals surface area contributed by atoms with Crippen LogP contribution in [0.2, 0.25) is 0 Å². The number of aryl methyl sites for hydroxylation is 2. The average molecular weight is 311 g/mol. The highest BCUT2D eigenvalue weighted by atomic mass is 19.1. The van der Waals surface area contributed by atoms with Gasteiger partial charge in [-0.15, -0.1) is 0 Å². The zero-order chi connectivity index (χ0) is 16.4. The Morgan fingerprint density at radius 1 is 1.22 bits per heavy atom. The SMILES string of the molecule is CCCc1nc2ccc(C)cn2c1C(=O)Nc1ccc(F)cc1. The van der Waals surface area contributed by atoms with Gasteiger partial charge in [-0.3, -0.25) is 9.20 Å². The molecule has 1 aromatic carbocycles. The van der Waals surface area contributed by atoms with Crippen molar-refractivity contribution in [3.8, 4) is 0 Å². The van der Waals surface area contributed by atoms with Crippen molar-refractivity contribution in [3.63, 3.8) is 0 Å². The lowest BCUT2D eigenvalue weighted by atomic mass is 10.2. The number of fused-ring (bicyclic) bond motifs is 1. The van der Waals surface area contributed by atoms with Crippen molar-refractivity contribution in [2.75, 3.05) is 5.32 Å². The highest BCUT2D eigenvalue weighted by molar-refractivity contribution is 6.04. The van der Waals surface area contributed by atoms with E-state index in [9.17, 15) is 9.18 Å². The van der Waals surface area contributed by atoms with E-state index in [1.807, 2.05) is 29.7 Å². The quantitative estimate of drug-likeness (QED) is 0.792. The Kier molecular flexibility index (Phi) is 4.10. The zero-order valence-electron chi connectivity index (χ0n) is 13.1. The van der Waals surface area contributed by atoms with E-state index in [1.165, 1.54) is 12.1 Å². The normalized spacial score (nSPS) is 10.9. The number of hydrogen-bond acceptors (Lipinski definition) is 2. The number of amides is 1. The number of benzene rings is 1. The molecule has 3 rings (SSSR count). The molecule has 0 aliphatic rings. The Bertz CT molecular complexity index is 853. The Morgan fingerprint density at radius 2 is 1.96 bits per heavy atom. The van der Waals surface area contributed by atoms with E-state index in [1.54, 1.807) is 12.1 Å². The van der Waals surface area contributed by atoms with Crippen LogP contribution in [0.25, 0.3) is 5.65 Å². The Balaban J connectivity index is 2.02. The molecule has 3 aromatic rings. The van der Waals surface area contributed by atoms with Crippen LogP contribution in [-0.4, -0.2) is 15.3 Å². The van der Waals surface area contributed by atoms with Gasteiger partial charge < -0.3 is 5.32 Å². The summed E-state index contributed by atoms with van der Waals surface area (Å²) in [5.41, 5.74) is 3.67. The molecule has 5 heteroatoms. The van der Waals surface area contributed by atoms with Gasteiger partial charge in [0, 0.05) is 11.9 Å². The number of hydrogen-bond donors (Lipinski definition) is 1. The number of halogens is 1. The Hall–Kier alpha value is -2.69. The van der Waals surface area contributed by atoms with E-state index in [2.05, 4.69) is 17.2 Å². The van der Waals surface area contributed by atoms with E-state index in [4.69, 9.17) is 0 Å². The van der Waals surface area contributed by atoms with Crippen LogP contribution >= 0.6 is 0 Å². The molecule has 1 amide bonds. The molecule has 0 saturated heterocycles. The number of anilines is 1. The van der Waals surface area contributed by atoms with E-state index in [0.29, 0.717) is 11.4 Å². The largest absolute Gasteiger partial charge is 0.321 e. The Labute approximate surface area is 134 Å². The summed E-state index contributed by atoms with van der Waals surface area (Å²) in [6, 6.07) is 9.60. The maximum absolute atomic E-state index is 13.0. The first-order valence-corrected chi connectivity index (χ1v) is 7.63. The molecule has 0 aliphatic heterocycles. The number of nitrogens with one attached hydrogen (secondary N) is 1. The predicted molar refractivity (Wildman–Crippen MR) is 88.3 cm³/mol. The summed E-state index contributed by atoms with van der Waals surface area (Å²) in [7, 11) is 0. The molecule has 0 unspecified atom stereocenters. The summed E-state index contributed by atoms with van der Waals surface area (Å²) in [4.78, 5) is 17.3. The molecule has 23 heavy (non-hydrogen) atoms. The van der Waals surface area contributed by atoms with Crippen molar-refractivity contribution < 1.29 is 9.18 Å². The summed E-state index contributed by atoms with van der Waals surface area (Å²) in [5, 5.41) is 2.82. The van der Waals surface area contributed by atoms with Crippen LogP contribution in [0.1, 0.15) is 35.1 Å². The van der Waals surface area contributed by atoms with Gasteiger partial charge in [0.1, 0.15) is 17.2 Å². The number of carbonyl (C=O) groups excluding carboxylic acids is 1. The number of carbonyl (C=O) groups is 1. The van der Waals surface area contributed by atoms with Crippen LogP contribution in [0.15, 0.2) is 42.6 Å². The summed E-state index contributed by atoms with van der Waals surface area (Å²) in [5.74, 6) is -0.571. The van der Waals surface area contributed by atoms with E-state index < -0.39 is 0 Å². The molecule has 0 radical (unpaired) electrons. The summed E-state index contributed by atoms with van der Waals surface area (Å²) >= 11 is 0. The van der Waals surface area contributed by atoms with Crippen molar-refractivity contribution >= 4 is 17.2 Å². The fourth-order valence-electron chi connectivity index (χ4n) is 2.57. The predicted octanol–water partition coefficient (Wildman–Crippen LogP) is 3.99. The van der Waals surface area contributed by atoms with Crippen molar-refractivity contribution in [1.29, 1.82) is 0 Å². The molecule has 0 saturated carbocycles. The molecular formula is C18H18FN3O. The third kappa shape index (κ3) is 3.08.